The fourth-order valence-corrected chi connectivity index (χ4v) is 1.38. The van der Waals surface area contributed by atoms with E-state index in [-0.39, 0.29) is 5.97 Å². The van der Waals surface area contributed by atoms with E-state index in [0.717, 1.165) is 24.0 Å². The Morgan fingerprint density at radius 2 is 2.24 bits per heavy atom. The number of allylic oxidation sites excluding steroid dienone is 4. The molecule has 1 aliphatic heterocycles. The lowest BCUT2D eigenvalue weighted by molar-refractivity contribution is -0.134. The number of hydrogen-bond acceptors (Lipinski definition) is 2. The highest BCUT2D eigenvalue weighted by Crippen LogP contribution is 2.13. The average molecular weight is 230 g/mol. The van der Waals surface area contributed by atoms with Gasteiger partial charge in [-0.3, -0.25) is 0 Å². The van der Waals surface area contributed by atoms with Crippen LogP contribution in [0.1, 0.15) is 33.6 Å². The summed E-state index contributed by atoms with van der Waals surface area (Å²) in [6.45, 7) is 6.50. The summed E-state index contributed by atoms with van der Waals surface area (Å²) in [5, 5.41) is 0. The van der Waals surface area contributed by atoms with Crippen molar-refractivity contribution in [2.24, 2.45) is 0 Å². The van der Waals surface area contributed by atoms with Crippen LogP contribution in [-0.2, 0) is 9.53 Å². The summed E-state index contributed by atoms with van der Waals surface area (Å²) >= 11 is 0. The molecule has 2 nitrogen and oxygen atoms in total. The SMILES string of the molecule is CC(C)=CC#C/C(C)=C/CCC1=CC(=O)OC1. The van der Waals surface area contributed by atoms with E-state index in [2.05, 4.69) is 17.9 Å². The van der Waals surface area contributed by atoms with E-state index in [1.807, 2.05) is 26.8 Å². The Labute approximate surface area is 103 Å². The predicted molar refractivity (Wildman–Crippen MR) is 69.2 cm³/mol. The van der Waals surface area contributed by atoms with E-state index in [0.29, 0.717) is 6.61 Å². The van der Waals surface area contributed by atoms with Crippen molar-refractivity contribution in [2.75, 3.05) is 6.61 Å². The summed E-state index contributed by atoms with van der Waals surface area (Å²) in [6.07, 6.45) is 7.35. The van der Waals surface area contributed by atoms with Crippen LogP contribution in [0.3, 0.4) is 0 Å². The zero-order valence-corrected chi connectivity index (χ0v) is 10.7. The molecule has 0 spiro atoms. The second-order valence-electron chi connectivity index (χ2n) is 4.33. The van der Waals surface area contributed by atoms with Crippen LogP contribution in [-0.4, -0.2) is 12.6 Å². The molecule has 0 saturated heterocycles. The molecule has 0 aromatic heterocycles. The third-order valence-corrected chi connectivity index (χ3v) is 2.27. The lowest BCUT2D eigenvalue weighted by Crippen LogP contribution is -1.91. The average Bonchev–Trinajstić information content (AvgIpc) is 2.63. The van der Waals surface area contributed by atoms with Crippen LogP contribution >= 0.6 is 0 Å². The highest BCUT2D eigenvalue weighted by Gasteiger charge is 2.11. The molecule has 1 aliphatic rings. The van der Waals surface area contributed by atoms with E-state index >= 15 is 0 Å². The van der Waals surface area contributed by atoms with Crippen molar-refractivity contribution in [3.63, 3.8) is 0 Å². The van der Waals surface area contributed by atoms with Gasteiger partial charge in [0.2, 0.25) is 0 Å². The third-order valence-electron chi connectivity index (χ3n) is 2.27. The van der Waals surface area contributed by atoms with Gasteiger partial charge in [-0.15, -0.1) is 0 Å². The molecule has 0 aromatic rings. The second-order valence-corrected chi connectivity index (χ2v) is 4.33. The molecule has 0 saturated carbocycles. The summed E-state index contributed by atoms with van der Waals surface area (Å²) in [6, 6.07) is 0. The van der Waals surface area contributed by atoms with Gasteiger partial charge in [-0.05, 0) is 50.8 Å². The van der Waals surface area contributed by atoms with Crippen LogP contribution in [0.4, 0.5) is 0 Å². The Bertz CT molecular complexity index is 435. The molecule has 0 N–H and O–H groups in total. The van der Waals surface area contributed by atoms with Gasteiger partial charge in [-0.2, -0.15) is 0 Å². The molecule has 0 atom stereocenters. The molecule has 0 aromatic carbocycles. The third kappa shape index (κ3) is 5.77. The first-order valence-corrected chi connectivity index (χ1v) is 5.76. The van der Waals surface area contributed by atoms with Gasteiger partial charge < -0.3 is 4.74 Å². The fraction of sp³-hybridized carbons (Fsp3) is 0.400. The zero-order chi connectivity index (χ0) is 12.7. The largest absolute Gasteiger partial charge is 0.458 e. The minimum absolute atomic E-state index is 0.218. The van der Waals surface area contributed by atoms with Crippen LogP contribution in [0.15, 0.2) is 34.9 Å². The molecule has 1 rings (SSSR count). The quantitative estimate of drug-likeness (QED) is 0.550. The van der Waals surface area contributed by atoms with Crippen molar-refractivity contribution < 1.29 is 9.53 Å². The molecular weight excluding hydrogens is 212 g/mol. The number of carbonyl (C=O) groups excluding carboxylic acids is 1. The lowest BCUT2D eigenvalue weighted by atomic mass is 10.1. The predicted octanol–water partition coefficient (Wildman–Crippen LogP) is 3.17. The van der Waals surface area contributed by atoms with Crippen molar-refractivity contribution >= 4 is 5.97 Å². The molecule has 0 unspecified atom stereocenters. The first-order valence-electron chi connectivity index (χ1n) is 5.76. The highest BCUT2D eigenvalue weighted by atomic mass is 16.5. The minimum Gasteiger partial charge on any atom is -0.458 e. The topological polar surface area (TPSA) is 26.3 Å². The number of esters is 1. The Morgan fingerprint density at radius 3 is 2.82 bits per heavy atom. The van der Waals surface area contributed by atoms with Gasteiger partial charge in [0.25, 0.3) is 0 Å². The summed E-state index contributed by atoms with van der Waals surface area (Å²) in [7, 11) is 0. The van der Waals surface area contributed by atoms with Gasteiger partial charge in [0.15, 0.2) is 0 Å². The van der Waals surface area contributed by atoms with Gasteiger partial charge in [-0.1, -0.05) is 23.5 Å². The molecule has 0 fully saturated rings. The standard InChI is InChI=1S/C15H18O2/c1-12(2)6-4-7-13(3)8-5-9-14-10-15(16)17-11-14/h6,8,10H,5,9,11H2,1-3H3/b13-8+. The molecule has 0 amide bonds. The van der Waals surface area contributed by atoms with E-state index in [4.69, 9.17) is 4.74 Å². The summed E-state index contributed by atoms with van der Waals surface area (Å²) in [4.78, 5) is 10.8. The summed E-state index contributed by atoms with van der Waals surface area (Å²) in [5.41, 5.74) is 3.33. The van der Waals surface area contributed by atoms with Crippen molar-refractivity contribution in [3.8, 4) is 11.8 Å². The van der Waals surface area contributed by atoms with Crippen LogP contribution < -0.4 is 0 Å². The molecular formula is C15H18O2. The van der Waals surface area contributed by atoms with E-state index < -0.39 is 0 Å². The molecule has 1 heterocycles. The monoisotopic (exact) mass is 230 g/mol. The summed E-state index contributed by atoms with van der Waals surface area (Å²) < 4.78 is 4.83. The maximum atomic E-state index is 10.8. The van der Waals surface area contributed by atoms with E-state index in [1.54, 1.807) is 6.08 Å². The van der Waals surface area contributed by atoms with Crippen molar-refractivity contribution in [1.82, 2.24) is 0 Å². The van der Waals surface area contributed by atoms with Gasteiger partial charge in [0.1, 0.15) is 6.61 Å². The number of rotatable bonds is 3. The van der Waals surface area contributed by atoms with Crippen LogP contribution in [0, 0.1) is 11.8 Å². The Balaban J connectivity index is 2.38. The number of cyclic esters (lactones) is 1. The number of ether oxygens (including phenoxy) is 1. The first kappa shape index (κ1) is 13.3. The number of carbonyl (C=O) groups is 1. The molecule has 0 bridgehead atoms. The van der Waals surface area contributed by atoms with Gasteiger partial charge in [-0.25, -0.2) is 4.79 Å². The maximum absolute atomic E-state index is 10.8. The van der Waals surface area contributed by atoms with Crippen LogP contribution in [0.5, 0.6) is 0 Å². The molecule has 17 heavy (non-hydrogen) atoms. The normalized spacial score (nSPS) is 14.6. The molecule has 2 heteroatoms. The Kier molecular flexibility index (Phi) is 5.29. The number of hydrogen-bond donors (Lipinski definition) is 0. The Hall–Kier alpha value is -1.75. The Morgan fingerprint density at radius 1 is 1.47 bits per heavy atom. The fourth-order valence-electron chi connectivity index (χ4n) is 1.38. The summed E-state index contributed by atoms with van der Waals surface area (Å²) in [5.74, 6) is 5.84. The highest BCUT2D eigenvalue weighted by molar-refractivity contribution is 5.85. The molecule has 90 valence electrons. The smallest absolute Gasteiger partial charge is 0.331 e. The van der Waals surface area contributed by atoms with Crippen molar-refractivity contribution in [3.05, 3.63) is 34.9 Å². The van der Waals surface area contributed by atoms with Crippen LogP contribution in [0.2, 0.25) is 0 Å². The lowest BCUT2D eigenvalue weighted by Gasteiger charge is -1.96. The zero-order valence-electron chi connectivity index (χ0n) is 10.7. The van der Waals surface area contributed by atoms with E-state index in [1.165, 1.54) is 5.57 Å². The molecule has 0 radical (unpaired) electrons. The van der Waals surface area contributed by atoms with Crippen LogP contribution in [0.25, 0.3) is 0 Å². The van der Waals surface area contributed by atoms with Gasteiger partial charge >= 0.3 is 5.97 Å². The van der Waals surface area contributed by atoms with Crippen molar-refractivity contribution in [2.45, 2.75) is 33.6 Å². The van der Waals surface area contributed by atoms with Gasteiger partial charge in [0.05, 0.1) is 0 Å². The second kappa shape index (κ2) is 6.75. The molecule has 0 aliphatic carbocycles. The first-order chi connectivity index (χ1) is 8.08. The maximum Gasteiger partial charge on any atom is 0.331 e. The van der Waals surface area contributed by atoms with Gasteiger partial charge in [0, 0.05) is 6.08 Å². The van der Waals surface area contributed by atoms with Crippen molar-refractivity contribution in [1.29, 1.82) is 0 Å². The minimum atomic E-state index is -0.218. The van der Waals surface area contributed by atoms with E-state index in [9.17, 15) is 4.79 Å².